The van der Waals surface area contributed by atoms with Crippen molar-refractivity contribution in [3.63, 3.8) is 0 Å². The Bertz CT molecular complexity index is 1180. The first-order chi connectivity index (χ1) is 14.8. The van der Waals surface area contributed by atoms with Gasteiger partial charge in [-0.1, -0.05) is 36.4 Å². The van der Waals surface area contributed by atoms with E-state index in [9.17, 15) is 4.79 Å². The fourth-order valence-electron chi connectivity index (χ4n) is 3.34. The third-order valence-electron chi connectivity index (χ3n) is 4.86. The van der Waals surface area contributed by atoms with Crippen molar-refractivity contribution < 1.29 is 14.3 Å². The van der Waals surface area contributed by atoms with Crippen molar-refractivity contribution in [1.82, 2.24) is 14.9 Å². The number of carbonyl (C=O) groups excluding carboxylic acids is 1. The molecule has 2 aromatic carbocycles. The summed E-state index contributed by atoms with van der Waals surface area (Å²) in [4.78, 5) is 17.3. The van der Waals surface area contributed by atoms with Gasteiger partial charge < -0.3 is 19.4 Å². The molecule has 1 N–H and O–H groups in total. The standard InChI is InChI=1S/C23H19N3O3S/c27-22(24-12-16-8-9-20-21(11-16)29-15-28-20)13-26-10-4-7-19(26)23-25-18(14-30-23)17-5-2-1-3-6-17/h1-11,14H,12-13,15H2,(H,24,27). The summed E-state index contributed by atoms with van der Waals surface area (Å²) in [5, 5.41) is 5.90. The molecular weight excluding hydrogens is 398 g/mol. The Hall–Kier alpha value is -3.58. The summed E-state index contributed by atoms with van der Waals surface area (Å²) in [6.45, 7) is 0.902. The van der Waals surface area contributed by atoms with Crippen LogP contribution < -0.4 is 14.8 Å². The van der Waals surface area contributed by atoms with Crippen LogP contribution in [-0.4, -0.2) is 22.3 Å². The molecule has 0 bridgehead atoms. The molecule has 2 aromatic heterocycles. The van der Waals surface area contributed by atoms with Crippen LogP contribution in [0.5, 0.6) is 11.5 Å². The van der Waals surface area contributed by atoms with Gasteiger partial charge in [0.15, 0.2) is 11.5 Å². The number of carbonyl (C=O) groups is 1. The molecule has 0 spiro atoms. The second-order valence-electron chi connectivity index (χ2n) is 6.89. The lowest BCUT2D eigenvalue weighted by atomic mass is 10.2. The highest BCUT2D eigenvalue weighted by Crippen LogP contribution is 2.32. The van der Waals surface area contributed by atoms with E-state index < -0.39 is 0 Å². The Morgan fingerprint density at radius 3 is 2.83 bits per heavy atom. The number of aromatic nitrogens is 2. The van der Waals surface area contributed by atoms with E-state index in [4.69, 9.17) is 14.5 Å². The second kappa shape index (κ2) is 8.04. The molecule has 0 atom stereocenters. The molecule has 6 nitrogen and oxygen atoms in total. The number of hydrogen-bond acceptors (Lipinski definition) is 5. The summed E-state index contributed by atoms with van der Waals surface area (Å²) >= 11 is 1.58. The molecule has 0 saturated heterocycles. The summed E-state index contributed by atoms with van der Waals surface area (Å²) in [5.74, 6) is 1.39. The zero-order valence-corrected chi connectivity index (χ0v) is 16.9. The maximum Gasteiger partial charge on any atom is 0.240 e. The molecular formula is C23H19N3O3S. The van der Waals surface area contributed by atoms with Gasteiger partial charge in [0.25, 0.3) is 0 Å². The molecule has 1 amide bonds. The maximum absolute atomic E-state index is 12.5. The fraction of sp³-hybridized carbons (Fsp3) is 0.130. The highest BCUT2D eigenvalue weighted by atomic mass is 32.1. The van der Waals surface area contributed by atoms with Crippen molar-refractivity contribution in [2.45, 2.75) is 13.1 Å². The van der Waals surface area contributed by atoms with E-state index in [2.05, 4.69) is 5.32 Å². The minimum atomic E-state index is -0.0649. The van der Waals surface area contributed by atoms with Gasteiger partial charge in [0.05, 0.1) is 11.4 Å². The van der Waals surface area contributed by atoms with Crippen molar-refractivity contribution in [1.29, 1.82) is 0 Å². The number of nitrogens with one attached hydrogen (secondary N) is 1. The van der Waals surface area contributed by atoms with E-state index in [1.165, 1.54) is 0 Å². The molecule has 7 heteroatoms. The number of rotatable bonds is 6. The van der Waals surface area contributed by atoms with E-state index in [-0.39, 0.29) is 19.2 Å². The van der Waals surface area contributed by atoms with Gasteiger partial charge in [0, 0.05) is 23.7 Å². The monoisotopic (exact) mass is 417 g/mol. The van der Waals surface area contributed by atoms with Gasteiger partial charge >= 0.3 is 0 Å². The summed E-state index contributed by atoms with van der Waals surface area (Å²) < 4.78 is 12.6. The van der Waals surface area contributed by atoms with E-state index in [0.717, 1.165) is 33.3 Å². The first kappa shape index (κ1) is 18.4. The molecule has 5 rings (SSSR count). The van der Waals surface area contributed by atoms with Crippen LogP contribution in [0.2, 0.25) is 0 Å². The largest absolute Gasteiger partial charge is 0.454 e. The lowest BCUT2D eigenvalue weighted by Crippen LogP contribution is -2.27. The Balaban J connectivity index is 1.25. The van der Waals surface area contributed by atoms with E-state index in [1.807, 2.05) is 76.8 Å². The number of amides is 1. The first-order valence-electron chi connectivity index (χ1n) is 9.58. The van der Waals surface area contributed by atoms with Crippen LogP contribution in [0.25, 0.3) is 22.0 Å². The maximum atomic E-state index is 12.5. The minimum absolute atomic E-state index is 0.0649. The highest BCUT2D eigenvalue weighted by molar-refractivity contribution is 7.13. The average molecular weight is 417 g/mol. The zero-order valence-electron chi connectivity index (χ0n) is 16.1. The predicted octanol–water partition coefficient (Wildman–Crippen LogP) is 4.32. The number of fused-ring (bicyclic) bond motifs is 1. The molecule has 1 aliphatic rings. The molecule has 0 aliphatic carbocycles. The van der Waals surface area contributed by atoms with E-state index in [1.54, 1.807) is 11.3 Å². The van der Waals surface area contributed by atoms with Gasteiger partial charge in [-0.15, -0.1) is 11.3 Å². The van der Waals surface area contributed by atoms with Crippen LogP contribution in [0.4, 0.5) is 0 Å². The fourth-order valence-corrected chi connectivity index (χ4v) is 4.21. The average Bonchev–Trinajstić information content (AvgIpc) is 3.52. The second-order valence-corrected chi connectivity index (χ2v) is 7.75. The number of nitrogens with zero attached hydrogens (tertiary/aromatic N) is 2. The summed E-state index contributed by atoms with van der Waals surface area (Å²) in [6.07, 6.45) is 1.90. The Morgan fingerprint density at radius 2 is 1.93 bits per heavy atom. The Labute approximate surface area is 177 Å². The van der Waals surface area contributed by atoms with E-state index >= 15 is 0 Å². The number of ether oxygens (including phenoxy) is 2. The molecule has 150 valence electrons. The molecule has 3 heterocycles. The summed E-state index contributed by atoms with van der Waals surface area (Å²) in [7, 11) is 0. The highest BCUT2D eigenvalue weighted by Gasteiger charge is 2.15. The van der Waals surface area contributed by atoms with Crippen molar-refractivity contribution in [2.75, 3.05) is 6.79 Å². The third kappa shape index (κ3) is 3.79. The van der Waals surface area contributed by atoms with Crippen molar-refractivity contribution in [3.05, 3.63) is 77.8 Å². The van der Waals surface area contributed by atoms with Gasteiger partial charge in [-0.3, -0.25) is 4.79 Å². The topological polar surface area (TPSA) is 65.4 Å². The first-order valence-corrected chi connectivity index (χ1v) is 10.5. The molecule has 4 aromatic rings. The van der Waals surface area contributed by atoms with E-state index in [0.29, 0.717) is 12.3 Å². The molecule has 1 aliphatic heterocycles. The number of benzene rings is 2. The summed E-state index contributed by atoms with van der Waals surface area (Å²) in [6, 6.07) is 19.7. The quantitative estimate of drug-likeness (QED) is 0.507. The van der Waals surface area contributed by atoms with Gasteiger partial charge in [0.2, 0.25) is 12.7 Å². The summed E-state index contributed by atoms with van der Waals surface area (Å²) in [5.41, 5.74) is 3.92. The zero-order chi connectivity index (χ0) is 20.3. The molecule has 0 radical (unpaired) electrons. The van der Waals surface area contributed by atoms with Gasteiger partial charge in [-0.05, 0) is 29.8 Å². The van der Waals surface area contributed by atoms with Crippen LogP contribution in [0.1, 0.15) is 5.56 Å². The van der Waals surface area contributed by atoms with Crippen molar-refractivity contribution in [3.8, 4) is 33.5 Å². The lowest BCUT2D eigenvalue weighted by Gasteiger charge is -2.09. The SMILES string of the molecule is O=C(Cn1cccc1-c1nc(-c2ccccc2)cs1)NCc1ccc2c(c1)OCO2. The third-order valence-corrected chi connectivity index (χ3v) is 5.73. The van der Waals surface area contributed by atoms with Crippen LogP contribution in [0.15, 0.2) is 72.2 Å². The molecule has 30 heavy (non-hydrogen) atoms. The van der Waals surface area contributed by atoms with Crippen LogP contribution in [-0.2, 0) is 17.9 Å². The molecule has 0 unspecified atom stereocenters. The molecule has 0 fully saturated rings. The smallest absolute Gasteiger partial charge is 0.240 e. The molecule has 0 saturated carbocycles. The van der Waals surface area contributed by atoms with Gasteiger partial charge in [-0.25, -0.2) is 4.98 Å². The van der Waals surface area contributed by atoms with Gasteiger partial charge in [0.1, 0.15) is 11.6 Å². The predicted molar refractivity (Wildman–Crippen MR) is 115 cm³/mol. The van der Waals surface area contributed by atoms with Gasteiger partial charge in [-0.2, -0.15) is 0 Å². The van der Waals surface area contributed by atoms with Crippen molar-refractivity contribution in [2.24, 2.45) is 0 Å². The number of thiazole rings is 1. The Morgan fingerprint density at radius 1 is 1.07 bits per heavy atom. The van der Waals surface area contributed by atoms with Crippen LogP contribution in [0, 0.1) is 0 Å². The Kier molecular flexibility index (Phi) is 4.94. The number of hydrogen-bond donors (Lipinski definition) is 1. The minimum Gasteiger partial charge on any atom is -0.454 e. The van der Waals surface area contributed by atoms with Crippen LogP contribution in [0.3, 0.4) is 0 Å². The van der Waals surface area contributed by atoms with Crippen LogP contribution >= 0.6 is 11.3 Å². The normalized spacial score (nSPS) is 12.1. The van der Waals surface area contributed by atoms with Crippen molar-refractivity contribution >= 4 is 17.2 Å². The lowest BCUT2D eigenvalue weighted by molar-refractivity contribution is -0.121.